The van der Waals surface area contributed by atoms with Gasteiger partial charge in [0.15, 0.2) is 0 Å². The zero-order valence-electron chi connectivity index (χ0n) is 20.1. The molecule has 0 rings (SSSR count). The molecule has 0 spiro atoms. The Labute approximate surface area is 182 Å². The molecular weight excluding hydrogens is 388 g/mol. The van der Waals surface area contributed by atoms with Crippen LogP contribution in [-0.2, 0) is 23.8 Å². The van der Waals surface area contributed by atoms with Crippen molar-refractivity contribution in [3.63, 3.8) is 0 Å². The molecule has 30 heavy (non-hydrogen) atoms. The highest BCUT2D eigenvalue weighted by atomic mass is 16.6. The van der Waals surface area contributed by atoms with E-state index < -0.39 is 24.1 Å². The van der Waals surface area contributed by atoms with Crippen molar-refractivity contribution in [2.45, 2.75) is 72.4 Å². The summed E-state index contributed by atoms with van der Waals surface area (Å²) >= 11 is 0. The predicted octanol–water partition coefficient (Wildman–Crippen LogP) is 3.33. The van der Waals surface area contributed by atoms with Crippen molar-refractivity contribution in [2.24, 2.45) is 11.8 Å². The van der Waals surface area contributed by atoms with Gasteiger partial charge in [-0.25, -0.2) is 9.59 Å². The lowest BCUT2D eigenvalue weighted by Crippen LogP contribution is -2.54. The number of methoxy groups -OCH3 is 1. The first-order chi connectivity index (χ1) is 14.1. The van der Waals surface area contributed by atoms with Crippen LogP contribution in [0.15, 0.2) is 0 Å². The maximum absolute atomic E-state index is 13.4. The Hall–Kier alpha value is -1.83. The molecule has 0 saturated carbocycles. The van der Waals surface area contributed by atoms with Gasteiger partial charge in [-0.15, -0.1) is 0 Å². The van der Waals surface area contributed by atoms with E-state index in [-0.39, 0.29) is 31.0 Å². The Morgan fingerprint density at radius 1 is 0.800 bits per heavy atom. The van der Waals surface area contributed by atoms with E-state index in [1.54, 1.807) is 14.1 Å². The Balaban J connectivity index is 5.47. The molecule has 0 saturated heterocycles. The highest BCUT2D eigenvalue weighted by Crippen LogP contribution is 2.19. The van der Waals surface area contributed by atoms with Crippen molar-refractivity contribution < 1.29 is 28.6 Å². The topological polar surface area (TPSA) is 85.4 Å². The summed E-state index contributed by atoms with van der Waals surface area (Å²) in [6, 6.07) is -1.43. The number of hydrogen-bond donors (Lipinski definition) is 0. The second-order valence-corrected chi connectivity index (χ2v) is 8.48. The molecule has 2 amide bonds. The summed E-state index contributed by atoms with van der Waals surface area (Å²) < 4.78 is 15.5. The van der Waals surface area contributed by atoms with Crippen molar-refractivity contribution in [3.8, 4) is 0 Å². The first-order valence-corrected chi connectivity index (χ1v) is 10.9. The Kier molecular flexibility index (Phi) is 14.1. The van der Waals surface area contributed by atoms with Crippen LogP contribution in [0.3, 0.4) is 0 Å². The van der Waals surface area contributed by atoms with E-state index >= 15 is 0 Å². The average molecular weight is 431 g/mol. The highest BCUT2D eigenvalue weighted by Gasteiger charge is 2.36. The average Bonchev–Trinajstić information content (AvgIpc) is 2.68. The van der Waals surface area contributed by atoms with Gasteiger partial charge < -0.3 is 19.1 Å². The van der Waals surface area contributed by atoms with Crippen molar-refractivity contribution in [1.29, 1.82) is 0 Å². The van der Waals surface area contributed by atoms with E-state index in [0.717, 1.165) is 12.8 Å². The van der Waals surface area contributed by atoms with E-state index in [1.165, 1.54) is 16.9 Å². The van der Waals surface area contributed by atoms with E-state index in [9.17, 15) is 14.4 Å². The second kappa shape index (κ2) is 15.0. The first kappa shape index (κ1) is 28.2. The van der Waals surface area contributed by atoms with Gasteiger partial charge in [0, 0.05) is 21.2 Å². The normalized spacial score (nSPS) is 13.1. The molecule has 0 N–H and O–H groups in total. The van der Waals surface area contributed by atoms with Crippen LogP contribution in [0.5, 0.6) is 0 Å². The quantitative estimate of drug-likeness (QED) is 0.310. The molecular formula is C22H42N2O6. The van der Waals surface area contributed by atoms with Gasteiger partial charge in [-0.05, 0) is 31.1 Å². The lowest BCUT2D eigenvalue weighted by Gasteiger charge is -2.34. The number of hydrogen-bond acceptors (Lipinski definition) is 6. The zero-order valence-corrected chi connectivity index (χ0v) is 20.1. The summed E-state index contributed by atoms with van der Waals surface area (Å²) in [6.07, 6.45) is 2.06. The fourth-order valence-electron chi connectivity index (χ4n) is 2.97. The Morgan fingerprint density at radius 3 is 1.87 bits per heavy atom. The fraction of sp³-hybridized carbons (Fsp3) is 0.864. The molecule has 0 aliphatic carbocycles. The molecule has 0 heterocycles. The van der Waals surface area contributed by atoms with Gasteiger partial charge in [0.1, 0.15) is 18.7 Å². The van der Waals surface area contributed by atoms with Gasteiger partial charge in [0.05, 0.1) is 13.2 Å². The number of ether oxygens (including phenoxy) is 3. The summed E-state index contributed by atoms with van der Waals surface area (Å²) in [5, 5.41) is 0. The van der Waals surface area contributed by atoms with Crippen LogP contribution in [-0.4, -0.2) is 80.9 Å². The van der Waals surface area contributed by atoms with Crippen LogP contribution < -0.4 is 0 Å². The third-order valence-electron chi connectivity index (χ3n) is 4.77. The van der Waals surface area contributed by atoms with E-state index in [1.807, 2.05) is 34.6 Å². The van der Waals surface area contributed by atoms with Crippen LogP contribution in [0.4, 0.5) is 4.79 Å². The number of likely N-dealkylation sites (N-methyl/N-ethyl adjacent to an activating group) is 2. The molecule has 0 fully saturated rings. The summed E-state index contributed by atoms with van der Waals surface area (Å²) in [7, 11) is 4.67. The molecule has 176 valence electrons. The Bertz CT molecular complexity index is 524. The lowest BCUT2D eigenvalue weighted by molar-refractivity contribution is -0.156. The minimum atomic E-state index is -0.733. The zero-order chi connectivity index (χ0) is 23.3. The summed E-state index contributed by atoms with van der Waals surface area (Å²) in [5.41, 5.74) is 0. The fourth-order valence-corrected chi connectivity index (χ4v) is 2.97. The van der Waals surface area contributed by atoms with Crippen LogP contribution in [0.2, 0.25) is 0 Å². The SMILES string of the molecule is CCCCOC(=O)C(CC(C)C)N(C)C(=O)C(CC(C)C)N(C)C(=O)OCCOC. The van der Waals surface area contributed by atoms with Gasteiger partial charge in [0.25, 0.3) is 0 Å². The molecule has 0 aromatic carbocycles. The van der Waals surface area contributed by atoms with Crippen LogP contribution in [0.25, 0.3) is 0 Å². The van der Waals surface area contributed by atoms with Crippen LogP contribution >= 0.6 is 0 Å². The monoisotopic (exact) mass is 430 g/mol. The Morgan fingerprint density at radius 2 is 1.37 bits per heavy atom. The molecule has 0 aliphatic heterocycles. The largest absolute Gasteiger partial charge is 0.464 e. The summed E-state index contributed by atoms with van der Waals surface area (Å²) in [5.74, 6) is -0.333. The molecule has 0 radical (unpaired) electrons. The summed E-state index contributed by atoms with van der Waals surface area (Å²) in [4.78, 5) is 41.2. The third-order valence-corrected chi connectivity index (χ3v) is 4.77. The molecule has 0 aromatic heterocycles. The minimum Gasteiger partial charge on any atom is -0.464 e. The standard InChI is InChI=1S/C22H42N2O6/c1-9-10-11-29-21(26)19(15-17(4)5)23(6)20(25)18(14-16(2)3)24(7)22(27)30-13-12-28-8/h16-19H,9-15H2,1-8H3. The molecule has 2 unspecified atom stereocenters. The van der Waals surface area contributed by atoms with Crippen molar-refractivity contribution >= 4 is 18.0 Å². The molecule has 2 atom stereocenters. The molecule has 0 aromatic rings. The summed E-state index contributed by atoms with van der Waals surface area (Å²) in [6.45, 7) is 10.7. The van der Waals surface area contributed by atoms with Gasteiger partial charge in [-0.1, -0.05) is 41.0 Å². The predicted molar refractivity (Wildman–Crippen MR) is 116 cm³/mol. The number of rotatable bonds is 14. The highest BCUT2D eigenvalue weighted by molar-refractivity contribution is 5.89. The van der Waals surface area contributed by atoms with E-state index in [4.69, 9.17) is 14.2 Å². The van der Waals surface area contributed by atoms with Crippen molar-refractivity contribution in [3.05, 3.63) is 0 Å². The van der Waals surface area contributed by atoms with Gasteiger partial charge in [0.2, 0.25) is 5.91 Å². The van der Waals surface area contributed by atoms with Gasteiger partial charge in [-0.3, -0.25) is 9.69 Å². The molecule has 8 heteroatoms. The van der Waals surface area contributed by atoms with E-state index in [0.29, 0.717) is 19.4 Å². The first-order valence-electron chi connectivity index (χ1n) is 10.9. The molecule has 0 aliphatic rings. The lowest BCUT2D eigenvalue weighted by atomic mass is 9.98. The maximum atomic E-state index is 13.4. The number of nitrogens with zero attached hydrogens (tertiary/aromatic N) is 2. The number of carbonyl (C=O) groups excluding carboxylic acids is 3. The third kappa shape index (κ3) is 10.3. The van der Waals surface area contributed by atoms with Gasteiger partial charge >= 0.3 is 12.1 Å². The number of amides is 2. The molecule has 0 bridgehead atoms. The number of esters is 1. The van der Waals surface area contributed by atoms with E-state index in [2.05, 4.69) is 0 Å². The maximum Gasteiger partial charge on any atom is 0.410 e. The number of unbranched alkanes of at least 4 members (excludes halogenated alkanes) is 1. The molecule has 8 nitrogen and oxygen atoms in total. The number of carbonyl (C=O) groups is 3. The van der Waals surface area contributed by atoms with Crippen LogP contribution in [0.1, 0.15) is 60.3 Å². The second-order valence-electron chi connectivity index (χ2n) is 8.48. The van der Waals surface area contributed by atoms with Crippen molar-refractivity contribution in [1.82, 2.24) is 9.80 Å². The van der Waals surface area contributed by atoms with Gasteiger partial charge in [-0.2, -0.15) is 0 Å². The smallest absolute Gasteiger partial charge is 0.410 e. The van der Waals surface area contributed by atoms with Crippen LogP contribution in [0, 0.1) is 11.8 Å². The minimum absolute atomic E-state index is 0.109. The van der Waals surface area contributed by atoms with Crippen molar-refractivity contribution in [2.75, 3.05) is 41.0 Å².